The molecule has 0 aliphatic rings. The minimum absolute atomic E-state index is 0.161. The second-order valence-electron chi connectivity index (χ2n) is 7.06. The first-order valence-electron chi connectivity index (χ1n) is 8.08. The van der Waals surface area contributed by atoms with Crippen molar-refractivity contribution in [2.75, 3.05) is 7.05 Å². The number of aromatic nitrogens is 1. The van der Waals surface area contributed by atoms with Crippen LogP contribution in [0.15, 0.2) is 48.8 Å². The fraction of sp³-hybridized carbons (Fsp3) is 0.400. The summed E-state index contributed by atoms with van der Waals surface area (Å²) in [5.74, 6) is 0.161. The maximum atomic E-state index is 12.3. The highest BCUT2D eigenvalue weighted by molar-refractivity contribution is 5.76. The lowest BCUT2D eigenvalue weighted by Gasteiger charge is -2.19. The summed E-state index contributed by atoms with van der Waals surface area (Å²) in [6.45, 7) is 7.23. The van der Waals surface area contributed by atoms with Crippen molar-refractivity contribution < 1.29 is 4.79 Å². The average molecular weight is 310 g/mol. The maximum Gasteiger partial charge on any atom is 0.222 e. The number of aryl methyl sites for hydroxylation is 1. The van der Waals surface area contributed by atoms with Crippen LogP contribution in [0.3, 0.4) is 0 Å². The molecule has 0 aliphatic carbocycles. The van der Waals surface area contributed by atoms with Gasteiger partial charge in [0, 0.05) is 32.4 Å². The molecule has 0 spiro atoms. The number of amides is 1. The molecule has 0 bridgehead atoms. The minimum atomic E-state index is 0.161. The van der Waals surface area contributed by atoms with E-state index in [1.165, 1.54) is 11.1 Å². The van der Waals surface area contributed by atoms with Crippen LogP contribution in [0.25, 0.3) is 0 Å². The molecule has 1 aromatic heterocycles. The van der Waals surface area contributed by atoms with Gasteiger partial charge in [0.05, 0.1) is 0 Å². The fourth-order valence-electron chi connectivity index (χ4n) is 2.47. The fourth-order valence-corrected chi connectivity index (χ4v) is 2.47. The number of hydrogen-bond donors (Lipinski definition) is 0. The molecule has 0 fully saturated rings. The highest BCUT2D eigenvalue weighted by atomic mass is 16.2. The molecule has 2 aromatic rings. The Morgan fingerprint density at radius 3 is 2.35 bits per heavy atom. The molecule has 3 heteroatoms. The van der Waals surface area contributed by atoms with Crippen LogP contribution < -0.4 is 0 Å². The molecule has 3 nitrogen and oxygen atoms in total. The molecule has 0 atom stereocenters. The molecule has 0 aliphatic heterocycles. The van der Waals surface area contributed by atoms with Gasteiger partial charge in [0.1, 0.15) is 0 Å². The van der Waals surface area contributed by atoms with E-state index in [1.807, 2.05) is 19.2 Å². The van der Waals surface area contributed by atoms with E-state index in [9.17, 15) is 4.79 Å². The van der Waals surface area contributed by atoms with E-state index >= 15 is 0 Å². The monoisotopic (exact) mass is 310 g/mol. The molecule has 2 rings (SSSR count). The van der Waals surface area contributed by atoms with E-state index in [0.717, 1.165) is 12.0 Å². The maximum absolute atomic E-state index is 12.3. The van der Waals surface area contributed by atoms with Gasteiger partial charge in [-0.05, 0) is 34.6 Å². The van der Waals surface area contributed by atoms with Crippen molar-refractivity contribution >= 4 is 5.91 Å². The third kappa shape index (κ3) is 5.20. The van der Waals surface area contributed by atoms with Crippen LogP contribution in [-0.2, 0) is 23.2 Å². The van der Waals surface area contributed by atoms with E-state index in [1.54, 1.807) is 17.3 Å². The van der Waals surface area contributed by atoms with Crippen molar-refractivity contribution in [3.63, 3.8) is 0 Å². The van der Waals surface area contributed by atoms with Crippen molar-refractivity contribution in [3.05, 3.63) is 65.5 Å². The van der Waals surface area contributed by atoms with Gasteiger partial charge in [-0.3, -0.25) is 9.78 Å². The standard InChI is InChI=1S/C20H26N2O/c1-20(2,3)18-10-7-16(8-11-18)9-12-19(23)22(4)15-17-6-5-13-21-14-17/h5-8,10-11,13-14H,9,12,15H2,1-4H3. The van der Waals surface area contributed by atoms with E-state index in [2.05, 4.69) is 50.0 Å². The number of carbonyl (C=O) groups is 1. The molecule has 0 unspecified atom stereocenters. The topological polar surface area (TPSA) is 33.2 Å². The van der Waals surface area contributed by atoms with Crippen LogP contribution in [0, 0.1) is 0 Å². The van der Waals surface area contributed by atoms with E-state index in [4.69, 9.17) is 0 Å². The highest BCUT2D eigenvalue weighted by Crippen LogP contribution is 2.22. The Balaban J connectivity index is 1.86. The lowest BCUT2D eigenvalue weighted by molar-refractivity contribution is -0.130. The summed E-state index contributed by atoms with van der Waals surface area (Å²) in [6, 6.07) is 12.5. The predicted octanol–water partition coefficient (Wildman–Crippen LogP) is 3.97. The highest BCUT2D eigenvalue weighted by Gasteiger charge is 2.13. The van der Waals surface area contributed by atoms with Crippen LogP contribution >= 0.6 is 0 Å². The van der Waals surface area contributed by atoms with Gasteiger partial charge in [-0.2, -0.15) is 0 Å². The number of benzene rings is 1. The van der Waals surface area contributed by atoms with Crippen molar-refractivity contribution in [1.82, 2.24) is 9.88 Å². The largest absolute Gasteiger partial charge is 0.341 e. The first kappa shape index (κ1) is 17.2. The van der Waals surface area contributed by atoms with Gasteiger partial charge in [-0.15, -0.1) is 0 Å². The zero-order chi connectivity index (χ0) is 16.9. The Morgan fingerprint density at radius 2 is 1.78 bits per heavy atom. The Bertz CT molecular complexity index is 627. The number of pyridine rings is 1. The van der Waals surface area contributed by atoms with Gasteiger partial charge in [0.25, 0.3) is 0 Å². The van der Waals surface area contributed by atoms with Gasteiger partial charge in [0.15, 0.2) is 0 Å². The van der Waals surface area contributed by atoms with Crippen LogP contribution in [0.4, 0.5) is 0 Å². The van der Waals surface area contributed by atoms with Crippen molar-refractivity contribution in [3.8, 4) is 0 Å². The SMILES string of the molecule is CN(Cc1cccnc1)C(=O)CCc1ccc(C(C)(C)C)cc1. The molecule has 0 saturated carbocycles. The van der Waals surface area contributed by atoms with Crippen LogP contribution in [0.1, 0.15) is 43.9 Å². The number of hydrogen-bond acceptors (Lipinski definition) is 2. The molecule has 1 aromatic carbocycles. The smallest absolute Gasteiger partial charge is 0.222 e. The van der Waals surface area contributed by atoms with E-state index in [-0.39, 0.29) is 11.3 Å². The minimum Gasteiger partial charge on any atom is -0.341 e. The number of rotatable bonds is 5. The Morgan fingerprint density at radius 1 is 1.09 bits per heavy atom. The molecule has 0 N–H and O–H groups in total. The summed E-state index contributed by atoms with van der Waals surface area (Å²) in [7, 11) is 1.85. The Hall–Kier alpha value is -2.16. The summed E-state index contributed by atoms with van der Waals surface area (Å²) < 4.78 is 0. The average Bonchev–Trinajstić information content (AvgIpc) is 2.53. The van der Waals surface area contributed by atoms with Gasteiger partial charge in [-0.1, -0.05) is 51.1 Å². The zero-order valence-corrected chi connectivity index (χ0v) is 14.5. The molecule has 0 radical (unpaired) electrons. The normalized spacial score (nSPS) is 11.3. The third-order valence-corrected chi connectivity index (χ3v) is 4.02. The predicted molar refractivity (Wildman–Crippen MR) is 94.2 cm³/mol. The summed E-state index contributed by atoms with van der Waals surface area (Å²) in [5, 5.41) is 0. The third-order valence-electron chi connectivity index (χ3n) is 4.02. The molecule has 0 saturated heterocycles. The molecular formula is C20H26N2O. The van der Waals surface area contributed by atoms with E-state index < -0.39 is 0 Å². The van der Waals surface area contributed by atoms with E-state index in [0.29, 0.717) is 13.0 Å². The van der Waals surface area contributed by atoms with Crippen LogP contribution in [0.2, 0.25) is 0 Å². The zero-order valence-electron chi connectivity index (χ0n) is 14.5. The first-order chi connectivity index (χ1) is 10.9. The quantitative estimate of drug-likeness (QED) is 0.837. The number of nitrogens with zero attached hydrogens (tertiary/aromatic N) is 2. The summed E-state index contributed by atoms with van der Waals surface area (Å²) in [6.07, 6.45) is 4.85. The van der Waals surface area contributed by atoms with Crippen molar-refractivity contribution in [2.45, 2.75) is 45.6 Å². The van der Waals surface area contributed by atoms with Gasteiger partial charge in [0.2, 0.25) is 5.91 Å². The summed E-state index contributed by atoms with van der Waals surface area (Å²) in [4.78, 5) is 18.1. The lowest BCUT2D eigenvalue weighted by Crippen LogP contribution is -2.26. The van der Waals surface area contributed by atoms with Crippen LogP contribution in [-0.4, -0.2) is 22.8 Å². The molecule has 122 valence electrons. The molecular weight excluding hydrogens is 284 g/mol. The van der Waals surface area contributed by atoms with Crippen molar-refractivity contribution in [1.29, 1.82) is 0 Å². The second kappa shape index (κ2) is 7.40. The first-order valence-corrected chi connectivity index (χ1v) is 8.08. The summed E-state index contributed by atoms with van der Waals surface area (Å²) in [5.41, 5.74) is 3.75. The number of carbonyl (C=O) groups excluding carboxylic acids is 1. The molecule has 1 heterocycles. The van der Waals surface area contributed by atoms with Crippen molar-refractivity contribution in [2.24, 2.45) is 0 Å². The molecule has 1 amide bonds. The lowest BCUT2D eigenvalue weighted by atomic mass is 9.86. The second-order valence-corrected chi connectivity index (χ2v) is 7.06. The Labute approximate surface area is 139 Å². The van der Waals surface area contributed by atoms with Gasteiger partial charge in [-0.25, -0.2) is 0 Å². The summed E-state index contributed by atoms with van der Waals surface area (Å²) >= 11 is 0. The van der Waals surface area contributed by atoms with Gasteiger partial charge < -0.3 is 4.90 Å². The Kier molecular flexibility index (Phi) is 5.54. The van der Waals surface area contributed by atoms with Gasteiger partial charge >= 0.3 is 0 Å². The molecule has 23 heavy (non-hydrogen) atoms. The van der Waals surface area contributed by atoms with Crippen LogP contribution in [0.5, 0.6) is 0 Å².